The van der Waals surface area contributed by atoms with Gasteiger partial charge in [0.25, 0.3) is 5.82 Å². The molecule has 1 fully saturated rings. The van der Waals surface area contributed by atoms with Crippen molar-refractivity contribution in [1.82, 2.24) is 25.1 Å². The zero-order valence-corrected chi connectivity index (χ0v) is 13.2. The Morgan fingerprint density at radius 1 is 1.29 bits per heavy atom. The van der Waals surface area contributed by atoms with Crippen LogP contribution in [-0.4, -0.2) is 51.3 Å². The van der Waals surface area contributed by atoms with Crippen molar-refractivity contribution in [2.24, 2.45) is 0 Å². The van der Waals surface area contributed by atoms with Crippen molar-refractivity contribution in [2.75, 3.05) is 29.9 Å². The van der Waals surface area contributed by atoms with E-state index in [1.165, 1.54) is 0 Å². The fourth-order valence-corrected chi connectivity index (χ4v) is 3.11. The van der Waals surface area contributed by atoms with E-state index in [0.717, 1.165) is 42.2 Å². The summed E-state index contributed by atoms with van der Waals surface area (Å²) in [6.45, 7) is 8.74. The van der Waals surface area contributed by atoms with E-state index >= 15 is 0 Å². The lowest BCUT2D eigenvalue weighted by molar-refractivity contribution is 0.679. The Morgan fingerprint density at radius 2 is 2.21 bits per heavy atom. The molecule has 1 atom stereocenters. The molecule has 1 aliphatic rings. The number of aromatic nitrogens is 5. The molecule has 0 bridgehead atoms. The van der Waals surface area contributed by atoms with Gasteiger partial charge >= 0.3 is 0 Å². The van der Waals surface area contributed by atoms with E-state index in [9.17, 15) is 0 Å². The van der Waals surface area contributed by atoms with Crippen LogP contribution in [0.4, 0.5) is 17.5 Å². The number of likely N-dealkylation sites (N-methyl/N-ethyl adjacent to an activating group) is 1. The Balaban J connectivity index is 1.53. The van der Waals surface area contributed by atoms with Crippen LogP contribution in [0.25, 0.3) is 15.9 Å². The molecule has 3 aromatic rings. The van der Waals surface area contributed by atoms with Crippen molar-refractivity contribution in [3.05, 3.63) is 42.1 Å². The Morgan fingerprint density at radius 3 is 3.00 bits per heavy atom. The van der Waals surface area contributed by atoms with Crippen LogP contribution < -0.4 is 9.80 Å². The summed E-state index contributed by atoms with van der Waals surface area (Å²) in [6, 6.07) is 5.88. The van der Waals surface area contributed by atoms with Gasteiger partial charge in [0.05, 0.1) is 5.39 Å². The van der Waals surface area contributed by atoms with Crippen molar-refractivity contribution in [3.8, 4) is 0 Å². The molecule has 0 amide bonds. The van der Waals surface area contributed by atoms with Crippen LogP contribution in [0.5, 0.6) is 0 Å². The molecule has 0 unspecified atom stereocenters. The Labute approximate surface area is 139 Å². The fraction of sp³-hybridized carbons (Fsp3) is 0.312. The SMILES string of the molecule is [C-]#[N+]c1ccc(N(C)[C@@H]2CCN(c3ncnc4[nH]ccc34)C2)nn1. The molecule has 0 spiro atoms. The fourth-order valence-electron chi connectivity index (χ4n) is 3.11. The number of hydrogen-bond donors (Lipinski definition) is 1. The number of fused-ring (bicyclic) bond motifs is 1. The summed E-state index contributed by atoms with van der Waals surface area (Å²) >= 11 is 0. The van der Waals surface area contributed by atoms with E-state index in [1.54, 1.807) is 12.4 Å². The first kappa shape index (κ1) is 14.4. The summed E-state index contributed by atoms with van der Waals surface area (Å²) in [4.78, 5) is 19.5. The van der Waals surface area contributed by atoms with E-state index in [-0.39, 0.29) is 0 Å². The number of rotatable bonds is 3. The third kappa shape index (κ3) is 2.40. The third-order valence-corrected chi connectivity index (χ3v) is 4.46. The Bertz CT molecular complexity index is 894. The summed E-state index contributed by atoms with van der Waals surface area (Å²) in [5.41, 5.74) is 0.859. The van der Waals surface area contributed by atoms with Gasteiger partial charge in [-0.25, -0.2) is 9.97 Å². The summed E-state index contributed by atoms with van der Waals surface area (Å²) < 4.78 is 0. The van der Waals surface area contributed by atoms with Crippen LogP contribution in [-0.2, 0) is 0 Å². The highest BCUT2D eigenvalue weighted by molar-refractivity contribution is 5.87. The Hall–Kier alpha value is -3.21. The van der Waals surface area contributed by atoms with E-state index in [0.29, 0.717) is 11.9 Å². The lowest BCUT2D eigenvalue weighted by Gasteiger charge is -2.25. The second-order valence-corrected chi connectivity index (χ2v) is 5.80. The highest BCUT2D eigenvalue weighted by Crippen LogP contribution is 2.28. The van der Waals surface area contributed by atoms with Gasteiger partial charge in [0, 0.05) is 32.4 Å². The molecule has 4 rings (SSSR count). The zero-order valence-electron chi connectivity index (χ0n) is 13.2. The van der Waals surface area contributed by atoms with Gasteiger partial charge in [0.2, 0.25) is 0 Å². The molecule has 1 saturated heterocycles. The summed E-state index contributed by atoms with van der Waals surface area (Å²) in [7, 11) is 2.02. The monoisotopic (exact) mass is 320 g/mol. The van der Waals surface area contributed by atoms with Gasteiger partial charge < -0.3 is 19.6 Å². The average molecular weight is 320 g/mol. The first-order valence-corrected chi connectivity index (χ1v) is 7.73. The van der Waals surface area contributed by atoms with E-state index in [4.69, 9.17) is 6.57 Å². The van der Waals surface area contributed by atoms with Gasteiger partial charge in [-0.2, -0.15) is 0 Å². The largest absolute Gasteiger partial charge is 0.359 e. The second kappa shape index (κ2) is 5.77. The molecule has 24 heavy (non-hydrogen) atoms. The number of anilines is 2. The molecule has 4 heterocycles. The smallest absolute Gasteiger partial charge is 0.296 e. The molecule has 8 nitrogen and oxygen atoms in total. The highest BCUT2D eigenvalue weighted by atomic mass is 15.3. The number of H-pyrrole nitrogens is 1. The number of aromatic amines is 1. The average Bonchev–Trinajstić information content (AvgIpc) is 3.30. The first-order chi connectivity index (χ1) is 11.8. The maximum Gasteiger partial charge on any atom is 0.296 e. The minimum Gasteiger partial charge on any atom is -0.359 e. The predicted octanol–water partition coefficient (Wildman–Crippen LogP) is 2.01. The van der Waals surface area contributed by atoms with Crippen LogP contribution in [0.1, 0.15) is 6.42 Å². The van der Waals surface area contributed by atoms with Crippen LogP contribution in [0.2, 0.25) is 0 Å². The van der Waals surface area contributed by atoms with E-state index < -0.39 is 0 Å². The van der Waals surface area contributed by atoms with Gasteiger partial charge in [-0.15, -0.1) is 0 Å². The Kier molecular flexibility index (Phi) is 3.46. The van der Waals surface area contributed by atoms with Crippen molar-refractivity contribution in [3.63, 3.8) is 0 Å². The summed E-state index contributed by atoms with van der Waals surface area (Å²) in [6.07, 6.45) is 4.50. The van der Waals surface area contributed by atoms with Gasteiger partial charge in [0.1, 0.15) is 17.8 Å². The minimum absolute atomic E-state index is 0.316. The van der Waals surface area contributed by atoms with Crippen LogP contribution in [0.3, 0.4) is 0 Å². The molecule has 3 aromatic heterocycles. The van der Waals surface area contributed by atoms with Gasteiger partial charge in [-0.3, -0.25) is 0 Å². The molecule has 0 aromatic carbocycles. The van der Waals surface area contributed by atoms with E-state index in [1.807, 2.05) is 25.4 Å². The lowest BCUT2D eigenvalue weighted by atomic mass is 10.2. The number of nitrogens with zero attached hydrogens (tertiary/aromatic N) is 7. The predicted molar refractivity (Wildman–Crippen MR) is 91.2 cm³/mol. The molecule has 8 heteroatoms. The first-order valence-electron chi connectivity index (χ1n) is 7.73. The van der Waals surface area contributed by atoms with Crippen molar-refractivity contribution < 1.29 is 0 Å². The number of nitrogens with one attached hydrogen (secondary N) is 1. The molecule has 120 valence electrons. The van der Waals surface area contributed by atoms with Crippen molar-refractivity contribution in [2.45, 2.75) is 12.5 Å². The van der Waals surface area contributed by atoms with Crippen LogP contribution >= 0.6 is 0 Å². The molecule has 0 radical (unpaired) electrons. The normalized spacial score (nSPS) is 17.2. The number of hydrogen-bond acceptors (Lipinski definition) is 6. The third-order valence-electron chi connectivity index (χ3n) is 4.46. The van der Waals surface area contributed by atoms with Crippen molar-refractivity contribution in [1.29, 1.82) is 0 Å². The van der Waals surface area contributed by atoms with Crippen molar-refractivity contribution >= 4 is 28.5 Å². The maximum atomic E-state index is 6.95. The molecule has 1 aliphatic heterocycles. The van der Waals surface area contributed by atoms with Crippen LogP contribution in [0, 0.1) is 6.57 Å². The zero-order chi connectivity index (χ0) is 16.5. The van der Waals surface area contributed by atoms with Gasteiger partial charge in [0.15, 0.2) is 5.82 Å². The summed E-state index contributed by atoms with van der Waals surface area (Å²) in [5, 5.41) is 9.11. The standard InChI is InChI=1S/C16H16N8/c1-17-13-3-4-14(22-21-13)23(2)11-6-8-24(9-11)16-12-5-7-18-15(12)19-10-20-16/h3-5,7,10-11H,6,8-9H2,2H3,(H,18,19,20)/t11-/m1/s1. The summed E-state index contributed by atoms with van der Waals surface area (Å²) in [5.74, 6) is 2.06. The van der Waals surface area contributed by atoms with Crippen LogP contribution in [0.15, 0.2) is 30.7 Å². The molecule has 0 aliphatic carbocycles. The highest BCUT2D eigenvalue weighted by Gasteiger charge is 2.28. The topological polar surface area (TPSA) is 78.2 Å². The van der Waals surface area contributed by atoms with Gasteiger partial charge in [-0.1, -0.05) is 6.57 Å². The molecule has 1 N–H and O–H groups in total. The maximum absolute atomic E-state index is 6.95. The lowest BCUT2D eigenvalue weighted by Crippen LogP contribution is -2.35. The molecule has 0 saturated carbocycles. The van der Waals surface area contributed by atoms with E-state index in [2.05, 4.69) is 39.8 Å². The van der Waals surface area contributed by atoms with Gasteiger partial charge in [-0.05, 0) is 34.8 Å². The molecular formula is C16H16N8. The molecular weight excluding hydrogens is 304 g/mol. The quantitative estimate of drug-likeness (QED) is 0.744. The second-order valence-electron chi connectivity index (χ2n) is 5.80. The minimum atomic E-state index is 0.316.